The number of rotatable bonds is 6. The van der Waals surface area contributed by atoms with E-state index in [1.165, 1.54) is 22.9 Å². The fraction of sp³-hybridized carbons (Fsp3) is 0.296. The Hall–Kier alpha value is -3.52. The Morgan fingerprint density at radius 2 is 1.77 bits per heavy atom. The van der Waals surface area contributed by atoms with Gasteiger partial charge in [-0.3, -0.25) is 4.79 Å². The molecule has 180 valence electrons. The van der Waals surface area contributed by atoms with E-state index in [0.29, 0.717) is 18.8 Å². The second-order valence-corrected chi connectivity index (χ2v) is 9.71. The van der Waals surface area contributed by atoms with E-state index in [1.54, 1.807) is 13.3 Å². The van der Waals surface area contributed by atoms with Gasteiger partial charge in [-0.25, -0.2) is 9.50 Å². The smallest absolute Gasteiger partial charge is 0.233 e. The van der Waals surface area contributed by atoms with Crippen molar-refractivity contribution < 1.29 is 9.53 Å². The second-order valence-electron chi connectivity index (χ2n) is 8.75. The van der Waals surface area contributed by atoms with E-state index in [1.807, 2.05) is 27.7 Å². The Bertz CT molecular complexity index is 1340. The molecule has 0 unspecified atom stereocenters. The molecule has 5 rings (SSSR count). The normalized spacial score (nSPS) is 13.9. The third kappa shape index (κ3) is 4.98. The molecule has 0 bridgehead atoms. The Balaban J connectivity index is 1.22. The number of methoxy groups -OCH3 is 1. The minimum atomic E-state index is 0.141. The first-order valence-corrected chi connectivity index (χ1v) is 12.7. The van der Waals surface area contributed by atoms with Crippen LogP contribution in [-0.2, 0) is 4.79 Å². The monoisotopic (exact) mass is 487 g/mol. The first-order chi connectivity index (χ1) is 17.0. The van der Waals surface area contributed by atoms with Crippen LogP contribution in [0.1, 0.15) is 11.1 Å². The van der Waals surface area contributed by atoms with Gasteiger partial charge in [0, 0.05) is 49.8 Å². The second kappa shape index (κ2) is 10.00. The summed E-state index contributed by atoms with van der Waals surface area (Å²) in [6.45, 7) is 7.29. The van der Waals surface area contributed by atoms with Crippen molar-refractivity contribution in [3.05, 3.63) is 72.1 Å². The summed E-state index contributed by atoms with van der Waals surface area (Å²) in [5.41, 5.74) is 6.57. The van der Waals surface area contributed by atoms with Crippen molar-refractivity contribution in [2.24, 2.45) is 0 Å². The van der Waals surface area contributed by atoms with Crippen molar-refractivity contribution in [1.29, 1.82) is 0 Å². The van der Waals surface area contributed by atoms with Crippen LogP contribution in [-0.4, -0.2) is 64.4 Å². The number of nitrogens with zero attached hydrogens (tertiary/aromatic N) is 5. The molecule has 0 spiro atoms. The SMILES string of the molecule is COc1ccc(N2CCN(C(=O)CSc3nccn4nc(-c5ccc(C)c(C)c5)cc34)CC2)cc1. The van der Waals surface area contributed by atoms with Gasteiger partial charge in [-0.15, -0.1) is 0 Å². The van der Waals surface area contributed by atoms with Gasteiger partial charge in [-0.2, -0.15) is 5.10 Å². The highest BCUT2D eigenvalue weighted by Gasteiger charge is 2.22. The number of hydrogen-bond acceptors (Lipinski definition) is 6. The van der Waals surface area contributed by atoms with E-state index >= 15 is 0 Å². The molecular weight excluding hydrogens is 458 g/mol. The minimum absolute atomic E-state index is 0.141. The number of fused-ring (bicyclic) bond motifs is 1. The molecule has 8 heteroatoms. The Morgan fingerprint density at radius 1 is 1.00 bits per heavy atom. The lowest BCUT2D eigenvalue weighted by Crippen LogP contribution is -2.49. The van der Waals surface area contributed by atoms with Gasteiger partial charge in [0.25, 0.3) is 0 Å². The Labute approximate surface area is 209 Å². The molecule has 7 nitrogen and oxygen atoms in total. The number of aromatic nitrogens is 3. The molecule has 0 aliphatic carbocycles. The summed E-state index contributed by atoms with van der Waals surface area (Å²) in [6, 6.07) is 16.5. The van der Waals surface area contributed by atoms with Crippen LogP contribution in [0.5, 0.6) is 5.75 Å². The first-order valence-electron chi connectivity index (χ1n) is 11.7. The molecular formula is C27H29N5O2S. The average Bonchev–Trinajstić information content (AvgIpc) is 3.34. The molecule has 0 N–H and O–H groups in total. The number of carbonyl (C=O) groups is 1. The summed E-state index contributed by atoms with van der Waals surface area (Å²) >= 11 is 1.48. The zero-order valence-corrected chi connectivity index (χ0v) is 21.1. The molecule has 35 heavy (non-hydrogen) atoms. The highest BCUT2D eigenvalue weighted by atomic mass is 32.2. The molecule has 4 aromatic rings. The third-order valence-corrected chi connectivity index (χ3v) is 7.54. The Morgan fingerprint density at radius 3 is 2.49 bits per heavy atom. The predicted molar refractivity (Wildman–Crippen MR) is 140 cm³/mol. The van der Waals surface area contributed by atoms with Crippen molar-refractivity contribution in [2.75, 3.05) is 43.9 Å². The molecule has 2 aromatic heterocycles. The Kier molecular flexibility index (Phi) is 6.63. The maximum Gasteiger partial charge on any atom is 0.233 e. The van der Waals surface area contributed by atoms with Crippen LogP contribution in [0.2, 0.25) is 0 Å². The number of ether oxygens (including phenoxy) is 1. The fourth-order valence-corrected chi connectivity index (χ4v) is 5.16. The number of amides is 1. The summed E-state index contributed by atoms with van der Waals surface area (Å²) < 4.78 is 7.09. The molecule has 1 fully saturated rings. The maximum atomic E-state index is 13.0. The highest BCUT2D eigenvalue weighted by Crippen LogP contribution is 2.27. The molecule has 1 aliphatic heterocycles. The van der Waals surface area contributed by atoms with Gasteiger partial charge in [0.2, 0.25) is 5.91 Å². The van der Waals surface area contributed by atoms with E-state index in [9.17, 15) is 4.79 Å². The van der Waals surface area contributed by atoms with Gasteiger partial charge in [0.1, 0.15) is 10.8 Å². The van der Waals surface area contributed by atoms with Gasteiger partial charge < -0.3 is 14.5 Å². The van der Waals surface area contributed by atoms with E-state index in [0.717, 1.165) is 46.3 Å². The summed E-state index contributed by atoms with van der Waals surface area (Å²) in [5.74, 6) is 1.35. The predicted octanol–water partition coefficient (Wildman–Crippen LogP) is 4.46. The number of aryl methyl sites for hydroxylation is 2. The number of piperazine rings is 1. The summed E-state index contributed by atoms with van der Waals surface area (Å²) in [5, 5.41) is 5.55. The van der Waals surface area contributed by atoms with Crippen LogP contribution < -0.4 is 9.64 Å². The van der Waals surface area contributed by atoms with Crippen LogP contribution in [0, 0.1) is 13.8 Å². The highest BCUT2D eigenvalue weighted by molar-refractivity contribution is 8.00. The topological polar surface area (TPSA) is 63.0 Å². The molecule has 1 saturated heterocycles. The summed E-state index contributed by atoms with van der Waals surface area (Å²) in [7, 11) is 1.67. The van der Waals surface area contributed by atoms with Crippen LogP contribution in [0.4, 0.5) is 5.69 Å². The molecule has 3 heterocycles. The molecule has 0 saturated carbocycles. The van der Waals surface area contributed by atoms with Gasteiger partial charge in [0.05, 0.1) is 24.1 Å². The van der Waals surface area contributed by atoms with Crippen LogP contribution in [0.25, 0.3) is 16.8 Å². The third-order valence-electron chi connectivity index (χ3n) is 6.56. The summed E-state index contributed by atoms with van der Waals surface area (Å²) in [4.78, 5) is 21.7. The lowest BCUT2D eigenvalue weighted by molar-refractivity contribution is -0.128. The molecule has 0 radical (unpaired) electrons. The molecule has 2 aromatic carbocycles. The molecule has 1 amide bonds. The number of anilines is 1. The van der Waals surface area contributed by atoms with Crippen molar-refractivity contribution in [2.45, 2.75) is 18.9 Å². The molecule has 0 atom stereocenters. The lowest BCUT2D eigenvalue weighted by Gasteiger charge is -2.36. The van der Waals surface area contributed by atoms with Gasteiger partial charge in [-0.1, -0.05) is 23.9 Å². The van der Waals surface area contributed by atoms with E-state index in [-0.39, 0.29) is 5.91 Å². The standard InChI is InChI=1S/C27H29N5O2S/c1-19-4-5-21(16-20(19)2)24-17-25-27(28-10-11-32(25)29-24)35-18-26(33)31-14-12-30(13-15-31)22-6-8-23(34-3)9-7-22/h4-11,16-17H,12-15,18H2,1-3H3. The zero-order valence-electron chi connectivity index (χ0n) is 20.3. The van der Waals surface area contributed by atoms with Gasteiger partial charge in [-0.05, 0) is 61.4 Å². The first kappa shape index (κ1) is 23.2. The fourth-order valence-electron chi connectivity index (χ4n) is 4.28. The van der Waals surface area contributed by atoms with E-state index in [2.05, 4.69) is 60.1 Å². The van der Waals surface area contributed by atoms with Crippen LogP contribution >= 0.6 is 11.8 Å². The van der Waals surface area contributed by atoms with Crippen LogP contribution in [0.15, 0.2) is 66.0 Å². The number of thioether (sulfide) groups is 1. The number of carbonyl (C=O) groups excluding carboxylic acids is 1. The van der Waals surface area contributed by atoms with Crippen molar-refractivity contribution in [1.82, 2.24) is 19.5 Å². The van der Waals surface area contributed by atoms with Crippen molar-refractivity contribution in [3.8, 4) is 17.0 Å². The largest absolute Gasteiger partial charge is 0.497 e. The van der Waals surface area contributed by atoms with Gasteiger partial charge >= 0.3 is 0 Å². The number of hydrogen-bond donors (Lipinski definition) is 0. The lowest BCUT2D eigenvalue weighted by atomic mass is 10.0. The van der Waals surface area contributed by atoms with E-state index < -0.39 is 0 Å². The van der Waals surface area contributed by atoms with E-state index in [4.69, 9.17) is 9.84 Å². The summed E-state index contributed by atoms with van der Waals surface area (Å²) in [6.07, 6.45) is 3.59. The number of benzene rings is 2. The van der Waals surface area contributed by atoms with Gasteiger partial charge in [0.15, 0.2) is 0 Å². The molecule has 1 aliphatic rings. The van der Waals surface area contributed by atoms with Crippen molar-refractivity contribution in [3.63, 3.8) is 0 Å². The quantitative estimate of drug-likeness (QED) is 0.374. The minimum Gasteiger partial charge on any atom is -0.497 e. The van der Waals surface area contributed by atoms with Crippen LogP contribution in [0.3, 0.4) is 0 Å². The zero-order chi connectivity index (χ0) is 24.4. The average molecular weight is 488 g/mol. The maximum absolute atomic E-state index is 13.0. The van der Waals surface area contributed by atoms with Crippen molar-refractivity contribution >= 4 is 28.9 Å².